The van der Waals surface area contributed by atoms with Gasteiger partial charge in [0.05, 0.1) is 30.0 Å². The molecule has 1 aliphatic heterocycles. The number of carbonyl (C=O) groups excluding carboxylic acids is 4. The monoisotopic (exact) mass is 761 g/mol. The molecule has 1 atom stereocenters. The van der Waals surface area contributed by atoms with Gasteiger partial charge in [-0.2, -0.15) is 0 Å². The normalized spacial score (nSPS) is 12.9. The van der Waals surface area contributed by atoms with Gasteiger partial charge in [0, 0.05) is 23.1 Å². The van der Waals surface area contributed by atoms with Crippen molar-refractivity contribution in [2.75, 3.05) is 20.3 Å². The highest BCUT2D eigenvalue weighted by Gasteiger charge is 2.32. The standard InChI is InChI=1S/C15H28O4.C14H11NO2.C11H16.C6H12O2/c1-7-9-14(2,3)13(17)19-11-8-10-15(4,5)12(16)18-6;1-2-15-13(16)10-7-3-5-9-6-4-8-11(12(9)10)14(15)17;1-3-7-10(2)11-8-5-4-6-9-11;1-4-6(2,3)5(7)8/h7-11H2,1-6H3;3-8H,2H2,1H3;4-6,8-10H,3,7H2,1-2H3;4H2,1-3H3,(H,7,8). The van der Waals surface area contributed by atoms with Crippen molar-refractivity contribution in [1.29, 1.82) is 0 Å². The van der Waals surface area contributed by atoms with Crippen LogP contribution in [0.15, 0.2) is 66.7 Å². The molecule has 0 spiro atoms. The van der Waals surface area contributed by atoms with Crippen molar-refractivity contribution >= 4 is 40.5 Å². The SMILES string of the molecule is CCC(C)(C)C(=O)O.CCCC(C)(C)C(=O)OCCCC(C)(C)C(=O)OC.CCCC(C)c1ccccc1.CCN1C(=O)c2cccc3cccc(c23)C1=O. The molecule has 1 heterocycles. The van der Waals surface area contributed by atoms with Crippen LogP contribution in [-0.2, 0) is 23.9 Å². The van der Waals surface area contributed by atoms with Crippen molar-refractivity contribution < 1.29 is 38.6 Å². The Hall–Kier alpha value is -4.53. The predicted octanol–water partition coefficient (Wildman–Crippen LogP) is 10.9. The second kappa shape index (κ2) is 22.8. The molecule has 2 amide bonds. The van der Waals surface area contributed by atoms with Crippen LogP contribution < -0.4 is 0 Å². The number of carboxylic acids is 1. The van der Waals surface area contributed by atoms with Crippen molar-refractivity contribution in [3.05, 3.63) is 83.4 Å². The number of carboxylic acid groups (broad SMARTS) is 1. The predicted molar refractivity (Wildman–Crippen MR) is 221 cm³/mol. The highest BCUT2D eigenvalue weighted by Crippen LogP contribution is 2.30. The number of carbonyl (C=O) groups is 5. The number of methoxy groups -OCH3 is 1. The highest BCUT2D eigenvalue weighted by atomic mass is 16.5. The van der Waals surface area contributed by atoms with E-state index in [2.05, 4.69) is 44.2 Å². The van der Waals surface area contributed by atoms with Crippen molar-refractivity contribution in [2.45, 2.75) is 127 Å². The molecule has 0 fully saturated rings. The molecule has 3 aromatic rings. The Labute approximate surface area is 330 Å². The van der Waals surface area contributed by atoms with Gasteiger partial charge in [-0.15, -0.1) is 0 Å². The zero-order valence-electron chi connectivity index (χ0n) is 35.5. The van der Waals surface area contributed by atoms with Gasteiger partial charge in [0.25, 0.3) is 11.8 Å². The van der Waals surface area contributed by atoms with Gasteiger partial charge in [-0.25, -0.2) is 0 Å². The Balaban J connectivity index is 0.000000385. The number of imide groups is 1. The molecule has 3 aromatic carbocycles. The molecule has 9 nitrogen and oxygen atoms in total. The zero-order chi connectivity index (χ0) is 42.0. The molecule has 304 valence electrons. The second-order valence-electron chi connectivity index (χ2n) is 16.0. The van der Waals surface area contributed by atoms with E-state index >= 15 is 0 Å². The van der Waals surface area contributed by atoms with Gasteiger partial charge < -0.3 is 14.6 Å². The number of aliphatic carboxylic acids is 1. The smallest absolute Gasteiger partial charge is 0.311 e. The van der Waals surface area contributed by atoms with Crippen LogP contribution in [-0.4, -0.2) is 60.0 Å². The molecule has 9 heteroatoms. The van der Waals surface area contributed by atoms with Gasteiger partial charge in [0.15, 0.2) is 0 Å². The largest absolute Gasteiger partial charge is 0.481 e. The molecule has 55 heavy (non-hydrogen) atoms. The fourth-order valence-electron chi connectivity index (χ4n) is 5.88. The maximum absolute atomic E-state index is 12.1. The third-order valence-corrected chi connectivity index (χ3v) is 10.1. The van der Waals surface area contributed by atoms with E-state index in [0.717, 1.165) is 29.5 Å². The molecule has 0 aromatic heterocycles. The number of nitrogens with zero attached hydrogens (tertiary/aromatic N) is 1. The molecule has 0 saturated carbocycles. The van der Waals surface area contributed by atoms with Gasteiger partial charge in [0.1, 0.15) is 0 Å². The van der Waals surface area contributed by atoms with Crippen LogP contribution in [0.2, 0.25) is 0 Å². The van der Waals surface area contributed by atoms with Crippen molar-refractivity contribution in [2.24, 2.45) is 16.2 Å². The third-order valence-electron chi connectivity index (χ3n) is 10.1. The summed E-state index contributed by atoms with van der Waals surface area (Å²) in [6.07, 6.45) is 6.33. The zero-order valence-corrected chi connectivity index (χ0v) is 35.5. The van der Waals surface area contributed by atoms with Crippen molar-refractivity contribution in [3.63, 3.8) is 0 Å². The number of hydrogen-bond donors (Lipinski definition) is 1. The molecule has 0 aliphatic carbocycles. The van der Waals surface area contributed by atoms with Crippen LogP contribution in [0.4, 0.5) is 0 Å². The first-order chi connectivity index (χ1) is 25.8. The summed E-state index contributed by atoms with van der Waals surface area (Å²) >= 11 is 0. The fraction of sp³-hybridized carbons (Fsp3) is 0.543. The Morgan fingerprint density at radius 2 is 1.24 bits per heavy atom. The number of esters is 2. The minimum Gasteiger partial charge on any atom is -0.481 e. The van der Waals surface area contributed by atoms with E-state index in [1.807, 2.05) is 72.7 Å². The molecule has 4 rings (SSSR count). The van der Waals surface area contributed by atoms with Crippen LogP contribution in [0, 0.1) is 16.2 Å². The lowest BCUT2D eigenvalue weighted by Gasteiger charge is -2.25. The quantitative estimate of drug-likeness (QED) is 0.0977. The Morgan fingerprint density at radius 1 is 0.709 bits per heavy atom. The molecule has 1 unspecified atom stereocenters. The van der Waals surface area contributed by atoms with Gasteiger partial charge in [-0.3, -0.25) is 28.9 Å². The van der Waals surface area contributed by atoms with E-state index in [1.165, 1.54) is 30.4 Å². The minimum atomic E-state index is -0.722. The topological polar surface area (TPSA) is 127 Å². The van der Waals surface area contributed by atoms with Gasteiger partial charge >= 0.3 is 17.9 Å². The Morgan fingerprint density at radius 3 is 1.65 bits per heavy atom. The van der Waals surface area contributed by atoms with Crippen LogP contribution >= 0.6 is 0 Å². The third kappa shape index (κ3) is 14.6. The summed E-state index contributed by atoms with van der Waals surface area (Å²) in [5.41, 5.74) is 1.22. The van der Waals surface area contributed by atoms with Crippen LogP contribution in [0.1, 0.15) is 153 Å². The number of amides is 2. The van der Waals surface area contributed by atoms with E-state index < -0.39 is 22.2 Å². The van der Waals surface area contributed by atoms with Crippen LogP contribution in [0.3, 0.4) is 0 Å². The molecular weight excluding hydrogens is 695 g/mol. The second-order valence-corrected chi connectivity index (χ2v) is 16.0. The van der Waals surface area contributed by atoms with E-state index in [9.17, 15) is 24.0 Å². The summed E-state index contributed by atoms with van der Waals surface area (Å²) in [5.74, 6) is -0.778. The lowest BCUT2D eigenvalue weighted by atomic mass is 9.87. The van der Waals surface area contributed by atoms with Crippen molar-refractivity contribution in [3.8, 4) is 0 Å². The Kier molecular flexibility index (Phi) is 20.1. The molecule has 0 saturated heterocycles. The molecule has 0 bridgehead atoms. The summed E-state index contributed by atoms with van der Waals surface area (Å²) in [5, 5.41) is 10.2. The average molecular weight is 762 g/mol. The average Bonchev–Trinajstić information content (AvgIpc) is 3.16. The number of rotatable bonds is 14. The lowest BCUT2D eigenvalue weighted by Crippen LogP contribution is -2.39. The lowest BCUT2D eigenvalue weighted by molar-refractivity contribution is -0.155. The fourth-order valence-corrected chi connectivity index (χ4v) is 5.88. The highest BCUT2D eigenvalue weighted by molar-refractivity contribution is 6.25. The van der Waals surface area contributed by atoms with Gasteiger partial charge in [-0.05, 0) is 110 Å². The molecule has 1 aliphatic rings. The first-order valence-corrected chi connectivity index (χ1v) is 19.7. The number of ether oxygens (including phenoxy) is 2. The first-order valence-electron chi connectivity index (χ1n) is 19.7. The van der Waals surface area contributed by atoms with Crippen LogP contribution in [0.5, 0.6) is 0 Å². The summed E-state index contributed by atoms with van der Waals surface area (Å²) in [6.45, 7) is 21.9. The molecular formula is C46H67NO8. The minimum absolute atomic E-state index is 0.162. The number of benzene rings is 3. The maximum Gasteiger partial charge on any atom is 0.311 e. The van der Waals surface area contributed by atoms with Crippen LogP contribution in [0.25, 0.3) is 10.8 Å². The maximum atomic E-state index is 12.1. The molecule has 0 radical (unpaired) electrons. The Bertz CT molecular complexity index is 1640. The summed E-state index contributed by atoms with van der Waals surface area (Å²) < 4.78 is 10.0. The molecule has 1 N–H and O–H groups in total. The summed E-state index contributed by atoms with van der Waals surface area (Å²) in [4.78, 5) is 59.2. The summed E-state index contributed by atoms with van der Waals surface area (Å²) in [6, 6.07) is 21.8. The van der Waals surface area contributed by atoms with E-state index in [0.29, 0.717) is 43.5 Å². The van der Waals surface area contributed by atoms with Gasteiger partial charge in [0.2, 0.25) is 0 Å². The van der Waals surface area contributed by atoms with Crippen molar-refractivity contribution in [1.82, 2.24) is 4.90 Å². The van der Waals surface area contributed by atoms with E-state index in [1.54, 1.807) is 26.0 Å². The summed E-state index contributed by atoms with van der Waals surface area (Å²) in [7, 11) is 1.39. The first kappa shape index (κ1) is 48.5. The van der Waals surface area contributed by atoms with E-state index in [-0.39, 0.29) is 23.8 Å². The van der Waals surface area contributed by atoms with Gasteiger partial charge in [-0.1, -0.05) is 95.1 Å². The number of hydrogen-bond acceptors (Lipinski definition) is 7. The van der Waals surface area contributed by atoms with E-state index in [4.69, 9.17) is 14.6 Å².